The van der Waals surface area contributed by atoms with E-state index in [0.717, 1.165) is 12.5 Å². The Labute approximate surface area is 756 Å². The van der Waals surface area contributed by atoms with Gasteiger partial charge in [0.25, 0.3) is 0 Å². The van der Waals surface area contributed by atoms with Crippen LogP contribution < -0.4 is 5.32 Å². The molecule has 0 radical (unpaired) electrons. The Morgan fingerprint density at radius 3 is 1.71 bits per heavy atom. The van der Waals surface area contributed by atoms with Crippen molar-refractivity contribution < 1.29 is 212 Å². The van der Waals surface area contributed by atoms with Crippen LogP contribution in [0.5, 0.6) is 0 Å². The number of fused-ring (bicyclic) bond motifs is 7. The van der Waals surface area contributed by atoms with Crippen LogP contribution in [0.1, 0.15) is 140 Å². The average Bonchev–Trinajstić information content (AvgIpc) is 0.782. The first kappa shape index (κ1) is 104. The Kier molecular flexibility index (Phi) is 32.1. The van der Waals surface area contributed by atoms with E-state index in [1.807, 2.05) is 27.7 Å². The number of amides is 1. The molecular formula is C87H137NO43. The van der Waals surface area contributed by atoms with Crippen molar-refractivity contribution in [3.8, 4) is 0 Å². The zero-order valence-corrected chi connectivity index (χ0v) is 75.3. The minimum Gasteiger partial charge on any atom is -0.463 e. The van der Waals surface area contributed by atoms with Crippen molar-refractivity contribution in [3.63, 3.8) is 0 Å². The number of hydrogen-bond acceptors (Lipinski definition) is 43. The second-order valence-corrected chi connectivity index (χ2v) is 40.3. The third kappa shape index (κ3) is 20.0. The van der Waals surface area contributed by atoms with E-state index in [1.54, 1.807) is 0 Å². The molecule has 0 bridgehead atoms. The van der Waals surface area contributed by atoms with Crippen molar-refractivity contribution in [1.82, 2.24) is 5.32 Å². The normalized spacial score (nSPS) is 49.2. The number of carbonyl (C=O) groups is 4. The third-order valence-electron chi connectivity index (χ3n) is 31.0. The van der Waals surface area contributed by atoms with Crippen molar-refractivity contribution in [1.29, 1.82) is 0 Å². The lowest BCUT2D eigenvalue weighted by atomic mass is 9.33. The van der Waals surface area contributed by atoms with Gasteiger partial charge in [-0.3, -0.25) is 14.4 Å². The number of nitrogens with one attached hydrogen (secondary N) is 1. The molecule has 13 rings (SSSR count). The van der Waals surface area contributed by atoms with Crippen LogP contribution in [-0.2, 0) is 104 Å². The predicted octanol–water partition coefficient (Wildman–Crippen LogP) is -6.67. The molecule has 4 unspecified atom stereocenters. The van der Waals surface area contributed by atoms with E-state index >= 15 is 4.79 Å². The molecule has 22 N–H and O–H groups in total. The van der Waals surface area contributed by atoms with Crippen LogP contribution in [0.2, 0.25) is 0 Å². The van der Waals surface area contributed by atoms with Gasteiger partial charge in [0.15, 0.2) is 56.2 Å². The standard InChI is InChI=1S/C87H137NO43/c1-13-82(9,112)20-14-15-35(2)70(110)125-63-41(94)29-117-74(61(63)107)128-67-45(31-114-37(4)92)123-77(68(59(67)105)130-75-62(108)65(43(96)30-118-75)127-78-69(109)86(113,33-90)34-120-78)131-79(111)87-25-49(97)80(5,6)23-39(87)38-16-17-48-83(10)21-19-51(81(7,8)47(83)18-22-84(48,11)85(38,12)24-50(87)98)124-71-52(88-36(3)91)55(101)66(129-76-58(104)56(102)54(100)44(26-89)121-76)46(122-71)32-119-72-60(106)64(42(95)28-115-72)126-73-57(103)53(99)40(93)27-116-73/h13,15-16,39-69,71-78,89-90,93-109,112-113H,1,14,17-34H2,2-12H3,(H,88,91)/b35-15+/t39?,40-,41-,42+,43-,44-,45-,46-,47?,48?,49+,50-,51+,52-,53+,54-,55-,56+,57-,58-,59+,60-,61-,62-,63+,64+,65+,66-,67-,68-,69+,71+,72+,73+,74+,75+,76+,77+,78+,82?,83+,84-,85-,86-,87-/m1/s1. The van der Waals surface area contributed by atoms with Gasteiger partial charge in [-0.1, -0.05) is 72.3 Å². The lowest BCUT2D eigenvalue weighted by molar-refractivity contribution is -0.377. The van der Waals surface area contributed by atoms with Gasteiger partial charge in [-0.05, 0) is 123 Å². The van der Waals surface area contributed by atoms with Gasteiger partial charge in [0.2, 0.25) is 12.2 Å². The van der Waals surface area contributed by atoms with Crippen LogP contribution in [0.4, 0.5) is 0 Å². The number of rotatable bonds is 28. The summed E-state index contributed by atoms with van der Waals surface area (Å²) in [5, 5.41) is 241. The van der Waals surface area contributed by atoms with E-state index in [-0.39, 0.29) is 43.1 Å². The molecule has 4 saturated carbocycles. The highest BCUT2D eigenvalue weighted by molar-refractivity contribution is 5.88. The maximum absolute atomic E-state index is 16.5. The zero-order chi connectivity index (χ0) is 96.0. The highest BCUT2D eigenvalue weighted by atomic mass is 16.8. The van der Waals surface area contributed by atoms with Crippen molar-refractivity contribution in [2.75, 3.05) is 59.5 Å². The molecule has 44 heteroatoms. The van der Waals surface area contributed by atoms with Gasteiger partial charge in [-0.15, -0.1) is 6.58 Å². The van der Waals surface area contributed by atoms with E-state index in [4.69, 9.17) is 85.3 Å². The number of allylic oxidation sites excluding steroid dienone is 3. The second kappa shape index (κ2) is 40.5. The summed E-state index contributed by atoms with van der Waals surface area (Å²) in [4.78, 5) is 56.3. The van der Waals surface area contributed by atoms with Crippen LogP contribution in [0.3, 0.4) is 0 Å². The summed E-state index contributed by atoms with van der Waals surface area (Å²) in [6.07, 6.45) is -55.6. The first-order valence-corrected chi connectivity index (χ1v) is 45.0. The number of hydrogen-bond donors (Lipinski definition) is 22. The molecule has 8 aliphatic heterocycles. The molecular weight excluding hydrogens is 1750 g/mol. The zero-order valence-electron chi connectivity index (χ0n) is 75.3. The maximum Gasteiger partial charge on any atom is 0.333 e. The van der Waals surface area contributed by atoms with E-state index < -0.39 is 360 Å². The number of carbonyl (C=O) groups excluding carboxylic acids is 4. The molecule has 13 aliphatic rings. The molecule has 8 heterocycles. The van der Waals surface area contributed by atoms with Crippen LogP contribution >= 0.6 is 0 Å². The van der Waals surface area contributed by atoms with Gasteiger partial charge in [0, 0.05) is 19.4 Å². The fourth-order valence-electron chi connectivity index (χ4n) is 22.8. The number of aliphatic hydroxyl groups excluding tert-OH is 19. The SMILES string of the molecule is C=CC(C)(O)CC/C=C(\C)C(=O)O[C@@H]1[C@@H](O)[C@H](O[C@H]2[C@H](O)[C@@H](O[C@@H]3OC[C@@H](O)[C@H](O[C@@H]4OC[C@](O)(CO)[C@H]4O)[C@H]3O)[C@H](OC(=O)[C@]34C[C@H](O)C(C)(C)CC3C3=CCC5[C@@]6(C)CC[C@H](O[C@@H]7O[C@H](CO[C@@H]8OC[C@H](O)[C@H](O[C@@H]9OC[C@@H](O)[C@H](O)[C@H]9O)[C@H]8O)[C@@H](O[C@@H]8O[C@H](CO)[C@@H](O)[C@H](O)[C@H]8O)[C@H](O)[C@H]7NC(C)=O)C(C)(C)C6CC[C@@]5(C)[C@]3(C)C[C@H]4O)O[C@@H]2COC(C)=O)OC[C@H]1O. The summed E-state index contributed by atoms with van der Waals surface area (Å²) in [5.41, 5.74) is -8.80. The smallest absolute Gasteiger partial charge is 0.333 e. The number of esters is 3. The van der Waals surface area contributed by atoms with Gasteiger partial charge in [0.1, 0.15) is 158 Å². The third-order valence-corrected chi connectivity index (χ3v) is 31.0. The number of ether oxygens (including phenoxy) is 18. The molecule has 5 aliphatic carbocycles. The lowest BCUT2D eigenvalue weighted by Gasteiger charge is -2.72. The molecule has 44 nitrogen and oxygen atoms in total. The van der Waals surface area contributed by atoms with Gasteiger partial charge in [-0.2, -0.15) is 0 Å². The summed E-state index contributed by atoms with van der Waals surface area (Å²) in [7, 11) is 0. The molecule has 1 amide bonds. The van der Waals surface area contributed by atoms with E-state index in [2.05, 4.69) is 38.7 Å². The van der Waals surface area contributed by atoms with E-state index in [9.17, 15) is 122 Å². The van der Waals surface area contributed by atoms with Crippen molar-refractivity contribution in [2.24, 2.45) is 50.2 Å². The Morgan fingerprint density at radius 1 is 0.542 bits per heavy atom. The van der Waals surface area contributed by atoms with Crippen LogP contribution in [-0.4, -0.2) is 423 Å². The van der Waals surface area contributed by atoms with E-state index in [0.29, 0.717) is 32.1 Å². The topological polar surface area (TPSA) is 671 Å². The highest BCUT2D eigenvalue weighted by Gasteiger charge is 2.74. The Balaban J connectivity index is 0.778. The van der Waals surface area contributed by atoms with Gasteiger partial charge >= 0.3 is 17.9 Å². The summed E-state index contributed by atoms with van der Waals surface area (Å²) in [6, 6.07) is -1.50. The van der Waals surface area contributed by atoms with Crippen molar-refractivity contribution in [3.05, 3.63) is 36.0 Å². The van der Waals surface area contributed by atoms with Gasteiger partial charge in [-0.25, -0.2) is 4.79 Å². The molecule has 131 heavy (non-hydrogen) atoms. The van der Waals surface area contributed by atoms with Gasteiger partial charge in [0.05, 0.1) is 76.8 Å². The second-order valence-electron chi connectivity index (χ2n) is 40.3. The summed E-state index contributed by atoms with van der Waals surface area (Å²) < 4.78 is 109. The first-order chi connectivity index (χ1) is 61.4. The quantitative estimate of drug-likeness (QED) is 0.0114. The van der Waals surface area contributed by atoms with Crippen LogP contribution in [0.25, 0.3) is 0 Å². The Morgan fingerprint density at radius 2 is 1.09 bits per heavy atom. The molecule has 0 aromatic carbocycles. The molecule has 0 aromatic heterocycles. The molecule has 0 spiro atoms. The monoisotopic (exact) mass is 1880 g/mol. The molecule has 45 atom stereocenters. The highest BCUT2D eigenvalue weighted by Crippen LogP contribution is 2.76. The maximum atomic E-state index is 16.5. The molecule has 12 fully saturated rings. The van der Waals surface area contributed by atoms with Crippen molar-refractivity contribution >= 4 is 23.8 Å². The van der Waals surface area contributed by atoms with Crippen LogP contribution in [0, 0.1) is 50.2 Å². The van der Waals surface area contributed by atoms with Gasteiger partial charge < -0.3 is 198 Å². The minimum absolute atomic E-state index is 0.0203. The summed E-state index contributed by atoms with van der Waals surface area (Å²) in [5.74, 6) is -5.07. The molecule has 8 saturated heterocycles. The number of aliphatic hydroxyl groups is 21. The Bertz CT molecular complexity index is 3990. The van der Waals surface area contributed by atoms with Crippen molar-refractivity contribution in [2.45, 2.75) is 373 Å². The van der Waals surface area contributed by atoms with Crippen LogP contribution in [0.15, 0.2) is 36.0 Å². The predicted molar refractivity (Wildman–Crippen MR) is 435 cm³/mol. The summed E-state index contributed by atoms with van der Waals surface area (Å²) in [6.45, 7) is 16.5. The fourth-order valence-corrected chi connectivity index (χ4v) is 22.8. The Hall–Kier alpha value is -4.34. The fraction of sp³-hybridized carbons (Fsp3) is 0.885. The average molecular weight is 1890 g/mol. The molecule has 748 valence electrons. The first-order valence-electron chi connectivity index (χ1n) is 45.0. The lowest BCUT2D eigenvalue weighted by Crippen LogP contribution is -2.70. The molecule has 0 aromatic rings. The largest absolute Gasteiger partial charge is 0.463 e. The van der Waals surface area contributed by atoms with E-state index in [1.165, 1.54) is 32.9 Å². The minimum atomic E-state index is -2.27. The summed E-state index contributed by atoms with van der Waals surface area (Å²) >= 11 is 0.